The molecule has 0 spiro atoms. The molecule has 23 heavy (non-hydrogen) atoms. The summed E-state index contributed by atoms with van der Waals surface area (Å²) in [4.78, 5) is 0. The second-order valence-electron chi connectivity index (χ2n) is 5.72. The number of hydrogen-bond acceptors (Lipinski definition) is 4. The van der Waals surface area contributed by atoms with Crippen LogP contribution in [0.4, 0.5) is 0 Å². The van der Waals surface area contributed by atoms with Gasteiger partial charge in [0.1, 0.15) is 11.5 Å². The van der Waals surface area contributed by atoms with Crippen LogP contribution in [0.3, 0.4) is 0 Å². The van der Waals surface area contributed by atoms with E-state index in [0.717, 1.165) is 28.9 Å². The van der Waals surface area contributed by atoms with Gasteiger partial charge in [-0.3, -0.25) is 0 Å². The van der Waals surface area contributed by atoms with E-state index >= 15 is 0 Å². The van der Waals surface area contributed by atoms with Gasteiger partial charge < -0.3 is 9.26 Å². The van der Waals surface area contributed by atoms with Crippen molar-refractivity contribution in [2.45, 2.75) is 19.4 Å². The fourth-order valence-corrected chi connectivity index (χ4v) is 6.36. The number of nitrogens with zero attached hydrogens (tertiary/aromatic N) is 2. The van der Waals surface area contributed by atoms with Crippen molar-refractivity contribution < 1.29 is 9.26 Å². The van der Waals surface area contributed by atoms with Crippen molar-refractivity contribution >= 4 is 29.2 Å². The maximum atomic E-state index is 6.35. The van der Waals surface area contributed by atoms with Crippen LogP contribution < -0.4 is 14.6 Å². The van der Waals surface area contributed by atoms with Crippen LogP contribution >= 0.6 is 6.42 Å². The Morgan fingerprint density at radius 2 is 1.96 bits per heavy atom. The van der Waals surface area contributed by atoms with E-state index in [4.69, 9.17) is 26.2 Å². The van der Waals surface area contributed by atoms with Crippen LogP contribution in [0.1, 0.15) is 24.9 Å². The number of benzene rings is 2. The molecule has 0 fully saturated rings. The SMILES string of the molecule is COc1ccc(P2(=S)Oc3ccccc3C3CC(C)=NN32)cc1. The molecular weight excluding hydrogens is 327 g/mol. The van der Waals surface area contributed by atoms with Crippen LogP contribution in [-0.2, 0) is 11.8 Å². The predicted octanol–water partition coefficient (Wildman–Crippen LogP) is 3.85. The number of hydrogen-bond donors (Lipinski definition) is 0. The standard InChI is InChI=1S/C17H17N2O2PS/c1-12-11-16-15-5-3-4-6-17(15)21-22(23,19(16)18-12)14-9-7-13(20-2)8-10-14/h3-10,16H,11H2,1-2H3. The van der Waals surface area contributed by atoms with Gasteiger partial charge in [0.2, 0.25) is 0 Å². The molecule has 0 aliphatic carbocycles. The molecule has 2 aromatic carbocycles. The first-order chi connectivity index (χ1) is 11.1. The Morgan fingerprint density at radius 1 is 1.22 bits per heavy atom. The van der Waals surface area contributed by atoms with Gasteiger partial charge in [0.25, 0.3) is 6.42 Å². The molecule has 2 aromatic rings. The largest absolute Gasteiger partial charge is 0.497 e. The molecule has 0 N–H and O–H groups in total. The Labute approximate surface area is 140 Å². The van der Waals surface area contributed by atoms with E-state index < -0.39 is 6.42 Å². The number of methoxy groups -OCH3 is 1. The fraction of sp³-hybridized carbons (Fsp3) is 0.235. The lowest BCUT2D eigenvalue weighted by atomic mass is 10.0. The maximum Gasteiger partial charge on any atom is 0.250 e. The van der Waals surface area contributed by atoms with Gasteiger partial charge in [-0.25, -0.2) is 4.78 Å². The predicted molar refractivity (Wildman–Crippen MR) is 96.3 cm³/mol. The van der Waals surface area contributed by atoms with Crippen molar-refractivity contribution in [2.24, 2.45) is 5.10 Å². The van der Waals surface area contributed by atoms with E-state index in [-0.39, 0.29) is 6.04 Å². The summed E-state index contributed by atoms with van der Waals surface area (Å²) in [6.07, 6.45) is -1.55. The molecule has 4 nitrogen and oxygen atoms in total. The highest BCUT2D eigenvalue weighted by Crippen LogP contribution is 2.62. The van der Waals surface area contributed by atoms with Crippen molar-refractivity contribution in [3.05, 3.63) is 54.1 Å². The maximum absolute atomic E-state index is 6.35. The van der Waals surface area contributed by atoms with Gasteiger partial charge in [-0.05, 0) is 49.1 Å². The Kier molecular flexibility index (Phi) is 3.43. The first kappa shape index (κ1) is 14.7. The summed E-state index contributed by atoms with van der Waals surface area (Å²) in [7, 11) is 1.66. The third-order valence-electron chi connectivity index (χ3n) is 4.21. The van der Waals surface area contributed by atoms with Crippen LogP contribution in [0.5, 0.6) is 11.5 Å². The van der Waals surface area contributed by atoms with Gasteiger partial charge in [0, 0.05) is 23.0 Å². The highest BCUT2D eigenvalue weighted by molar-refractivity contribution is 8.14. The van der Waals surface area contributed by atoms with Gasteiger partial charge in [-0.15, -0.1) is 0 Å². The molecule has 2 atom stereocenters. The zero-order valence-corrected chi connectivity index (χ0v) is 14.7. The Balaban J connectivity index is 1.85. The molecule has 0 radical (unpaired) electrons. The van der Waals surface area contributed by atoms with Crippen molar-refractivity contribution in [1.29, 1.82) is 0 Å². The topological polar surface area (TPSA) is 34.1 Å². The van der Waals surface area contributed by atoms with Crippen LogP contribution in [0.2, 0.25) is 0 Å². The van der Waals surface area contributed by atoms with Crippen molar-refractivity contribution in [2.75, 3.05) is 7.11 Å². The summed E-state index contributed by atoms with van der Waals surface area (Å²) in [6.45, 7) is 2.05. The summed E-state index contributed by atoms with van der Waals surface area (Å²) < 4.78 is 13.6. The Morgan fingerprint density at radius 3 is 2.70 bits per heavy atom. The zero-order valence-electron chi connectivity index (χ0n) is 13.0. The van der Waals surface area contributed by atoms with Gasteiger partial charge in [0.05, 0.1) is 13.2 Å². The molecule has 2 aliphatic rings. The molecule has 118 valence electrons. The quantitative estimate of drug-likeness (QED) is 0.775. The summed E-state index contributed by atoms with van der Waals surface area (Å²) in [5.41, 5.74) is 2.26. The van der Waals surface area contributed by atoms with Crippen molar-refractivity contribution in [3.8, 4) is 11.5 Å². The van der Waals surface area contributed by atoms with Crippen LogP contribution in [-0.4, -0.2) is 17.6 Å². The monoisotopic (exact) mass is 344 g/mol. The highest BCUT2D eigenvalue weighted by atomic mass is 32.4. The molecule has 0 bridgehead atoms. The Bertz CT molecular complexity index is 835. The minimum atomic E-state index is -2.45. The zero-order chi connectivity index (χ0) is 16.0. The molecule has 0 saturated heterocycles. The van der Waals surface area contributed by atoms with Crippen LogP contribution in [0.25, 0.3) is 0 Å². The molecule has 4 rings (SSSR count). The third-order valence-corrected chi connectivity index (χ3v) is 7.87. The number of hydrazone groups is 1. The van der Waals surface area contributed by atoms with Crippen molar-refractivity contribution in [1.82, 2.24) is 4.78 Å². The fourth-order valence-electron chi connectivity index (χ4n) is 3.08. The van der Waals surface area contributed by atoms with E-state index in [1.54, 1.807) is 7.11 Å². The summed E-state index contributed by atoms with van der Waals surface area (Å²) in [6, 6.07) is 16.2. The lowest BCUT2D eigenvalue weighted by Crippen LogP contribution is -2.30. The molecule has 2 unspecified atom stereocenters. The number of rotatable bonds is 2. The molecule has 0 aromatic heterocycles. The van der Waals surface area contributed by atoms with Crippen LogP contribution in [0.15, 0.2) is 53.6 Å². The third kappa shape index (κ3) is 2.27. The molecule has 0 amide bonds. The van der Waals surface area contributed by atoms with Gasteiger partial charge >= 0.3 is 0 Å². The minimum Gasteiger partial charge on any atom is -0.497 e. The van der Waals surface area contributed by atoms with E-state index in [0.29, 0.717) is 0 Å². The highest BCUT2D eigenvalue weighted by Gasteiger charge is 2.44. The van der Waals surface area contributed by atoms with E-state index in [2.05, 4.69) is 13.0 Å². The molecule has 0 saturated carbocycles. The van der Waals surface area contributed by atoms with Gasteiger partial charge in [-0.2, -0.15) is 5.10 Å². The van der Waals surface area contributed by atoms with Gasteiger partial charge in [-0.1, -0.05) is 18.2 Å². The molecule has 2 aliphatic heterocycles. The average molecular weight is 344 g/mol. The van der Waals surface area contributed by atoms with E-state index in [1.807, 2.05) is 47.2 Å². The summed E-state index contributed by atoms with van der Waals surface area (Å²) in [5, 5.41) is 5.71. The summed E-state index contributed by atoms with van der Waals surface area (Å²) in [5.74, 6) is 1.70. The molecule has 2 heterocycles. The summed E-state index contributed by atoms with van der Waals surface area (Å²) >= 11 is 6.03. The molecular formula is C17H17N2O2PS. The molecule has 6 heteroatoms. The normalized spacial score (nSPS) is 25.2. The lowest BCUT2D eigenvalue weighted by molar-refractivity contribution is 0.342. The second-order valence-corrected chi connectivity index (χ2v) is 9.36. The minimum absolute atomic E-state index is 0.174. The number of fused-ring (bicyclic) bond motifs is 3. The van der Waals surface area contributed by atoms with Crippen LogP contribution in [0, 0.1) is 0 Å². The number of para-hydroxylation sites is 1. The van der Waals surface area contributed by atoms with E-state index in [9.17, 15) is 0 Å². The average Bonchev–Trinajstić information content (AvgIpc) is 2.98. The number of ether oxygens (including phenoxy) is 1. The van der Waals surface area contributed by atoms with Crippen molar-refractivity contribution in [3.63, 3.8) is 0 Å². The van der Waals surface area contributed by atoms with E-state index in [1.165, 1.54) is 5.56 Å². The first-order valence-corrected chi connectivity index (χ1v) is 10.2. The lowest BCUT2D eigenvalue weighted by Gasteiger charge is -2.40. The second kappa shape index (κ2) is 5.36. The first-order valence-electron chi connectivity index (χ1n) is 7.49. The smallest absolute Gasteiger partial charge is 0.250 e. The van der Waals surface area contributed by atoms with Gasteiger partial charge in [0.15, 0.2) is 0 Å². The Hall–Kier alpha value is -1.84.